The molecule has 1 atom stereocenters. The van der Waals surface area contributed by atoms with E-state index in [-0.39, 0.29) is 11.9 Å². The molecule has 28 heavy (non-hydrogen) atoms. The summed E-state index contributed by atoms with van der Waals surface area (Å²) in [5, 5.41) is 8.34. The number of carbonyl (C=O) groups is 2. The molecule has 1 heterocycles. The molecule has 0 saturated heterocycles. The van der Waals surface area contributed by atoms with Crippen molar-refractivity contribution < 1.29 is 14.3 Å². The Morgan fingerprint density at radius 1 is 0.714 bits per heavy atom. The van der Waals surface area contributed by atoms with Crippen LogP contribution in [0.4, 0.5) is 21.9 Å². The van der Waals surface area contributed by atoms with E-state index in [2.05, 4.69) is 16.0 Å². The lowest BCUT2D eigenvalue weighted by Crippen LogP contribution is -2.31. The number of para-hydroxylation sites is 2. The number of hydrogen-bond donors (Lipinski definition) is 3. The van der Waals surface area contributed by atoms with Gasteiger partial charge in [0.05, 0.1) is 0 Å². The summed E-state index contributed by atoms with van der Waals surface area (Å²) in [6.07, 6.45) is 0.0215. The van der Waals surface area contributed by atoms with Gasteiger partial charge in [0.1, 0.15) is 5.75 Å². The summed E-state index contributed by atoms with van der Waals surface area (Å²) in [5.74, 6) is 0.561. The topological polar surface area (TPSA) is 79.5 Å². The van der Waals surface area contributed by atoms with Gasteiger partial charge in [-0.1, -0.05) is 36.4 Å². The first-order chi connectivity index (χ1) is 13.7. The molecular formula is C22H19N3O3. The largest absolute Gasteiger partial charge is 0.480 e. The van der Waals surface area contributed by atoms with E-state index in [1.165, 1.54) is 0 Å². The van der Waals surface area contributed by atoms with Crippen molar-refractivity contribution in [1.82, 2.24) is 0 Å². The van der Waals surface area contributed by atoms with Crippen LogP contribution in [0.15, 0.2) is 78.9 Å². The fourth-order valence-corrected chi connectivity index (χ4v) is 3.00. The zero-order valence-corrected chi connectivity index (χ0v) is 15.0. The predicted molar refractivity (Wildman–Crippen MR) is 109 cm³/mol. The van der Waals surface area contributed by atoms with E-state index in [0.29, 0.717) is 23.5 Å². The Labute approximate surface area is 162 Å². The monoisotopic (exact) mass is 373 g/mol. The molecular weight excluding hydrogens is 354 g/mol. The first-order valence-corrected chi connectivity index (χ1v) is 8.96. The van der Waals surface area contributed by atoms with Crippen LogP contribution in [0.2, 0.25) is 0 Å². The summed E-state index contributed by atoms with van der Waals surface area (Å²) in [5.41, 5.74) is 3.00. The molecule has 1 aliphatic heterocycles. The molecule has 3 amide bonds. The van der Waals surface area contributed by atoms with Gasteiger partial charge in [0, 0.05) is 23.5 Å². The molecule has 3 aromatic carbocycles. The van der Waals surface area contributed by atoms with Crippen molar-refractivity contribution in [2.45, 2.75) is 12.5 Å². The molecule has 3 aromatic rings. The summed E-state index contributed by atoms with van der Waals surface area (Å²) in [6, 6.07) is 23.4. The third-order valence-corrected chi connectivity index (χ3v) is 4.38. The second kappa shape index (κ2) is 7.84. The van der Waals surface area contributed by atoms with Crippen molar-refractivity contribution >= 4 is 29.0 Å². The number of benzene rings is 3. The number of carbonyl (C=O) groups excluding carboxylic acids is 2. The van der Waals surface area contributed by atoms with Crippen LogP contribution in [-0.2, 0) is 11.2 Å². The second-order valence-corrected chi connectivity index (χ2v) is 6.43. The van der Waals surface area contributed by atoms with Gasteiger partial charge in [-0.15, -0.1) is 0 Å². The molecule has 6 heteroatoms. The van der Waals surface area contributed by atoms with Crippen molar-refractivity contribution in [3.05, 3.63) is 84.4 Å². The van der Waals surface area contributed by atoms with Crippen LogP contribution < -0.4 is 20.7 Å². The fraction of sp³-hybridized carbons (Fsp3) is 0.0909. The highest BCUT2D eigenvalue weighted by Gasteiger charge is 2.28. The quantitative estimate of drug-likeness (QED) is 0.639. The first kappa shape index (κ1) is 17.6. The molecule has 1 aliphatic rings. The highest BCUT2D eigenvalue weighted by molar-refractivity contribution is 6.00. The number of fused-ring (bicyclic) bond motifs is 1. The molecule has 1 unspecified atom stereocenters. The van der Waals surface area contributed by atoms with Crippen LogP contribution >= 0.6 is 0 Å². The van der Waals surface area contributed by atoms with E-state index in [4.69, 9.17) is 4.74 Å². The molecule has 0 radical (unpaired) electrons. The second-order valence-electron chi connectivity index (χ2n) is 6.43. The van der Waals surface area contributed by atoms with Crippen LogP contribution in [0, 0.1) is 0 Å². The lowest BCUT2D eigenvalue weighted by molar-refractivity contribution is -0.122. The van der Waals surface area contributed by atoms with Crippen molar-refractivity contribution in [3.63, 3.8) is 0 Å². The van der Waals surface area contributed by atoms with Crippen LogP contribution in [0.5, 0.6) is 5.75 Å². The van der Waals surface area contributed by atoms with E-state index < -0.39 is 6.10 Å². The number of anilines is 3. The van der Waals surface area contributed by atoms with E-state index >= 15 is 0 Å². The molecule has 0 bridgehead atoms. The minimum absolute atomic E-state index is 0.196. The maximum atomic E-state index is 12.4. The molecule has 0 aliphatic carbocycles. The standard InChI is InChI=1S/C22H19N3O3/c26-21(20-14-15-6-4-5-9-19(15)28-20)23-17-10-12-18(13-11-17)25-22(27)24-16-7-2-1-3-8-16/h1-13,20H,14H2,(H,23,26)(H2,24,25,27). The van der Waals surface area contributed by atoms with Gasteiger partial charge in [0.25, 0.3) is 5.91 Å². The highest BCUT2D eigenvalue weighted by atomic mass is 16.5. The maximum absolute atomic E-state index is 12.4. The maximum Gasteiger partial charge on any atom is 0.323 e. The third kappa shape index (κ3) is 4.12. The zero-order chi connectivity index (χ0) is 19.3. The van der Waals surface area contributed by atoms with Crippen LogP contribution in [0.1, 0.15) is 5.56 Å². The van der Waals surface area contributed by atoms with E-state index in [1.54, 1.807) is 24.3 Å². The van der Waals surface area contributed by atoms with Gasteiger partial charge in [0.15, 0.2) is 6.10 Å². The lowest BCUT2D eigenvalue weighted by Gasteiger charge is -2.12. The van der Waals surface area contributed by atoms with Gasteiger partial charge >= 0.3 is 6.03 Å². The number of nitrogens with one attached hydrogen (secondary N) is 3. The highest BCUT2D eigenvalue weighted by Crippen LogP contribution is 2.28. The van der Waals surface area contributed by atoms with E-state index in [0.717, 1.165) is 11.3 Å². The lowest BCUT2D eigenvalue weighted by atomic mass is 10.1. The Morgan fingerprint density at radius 3 is 1.96 bits per heavy atom. The molecule has 0 saturated carbocycles. The van der Waals surface area contributed by atoms with Gasteiger partial charge in [-0.05, 0) is 48.0 Å². The van der Waals surface area contributed by atoms with Gasteiger partial charge < -0.3 is 20.7 Å². The van der Waals surface area contributed by atoms with Crippen LogP contribution in [0.25, 0.3) is 0 Å². The Hall–Kier alpha value is -3.80. The van der Waals surface area contributed by atoms with Gasteiger partial charge in [-0.2, -0.15) is 0 Å². The molecule has 3 N–H and O–H groups in total. The summed E-state index contributed by atoms with van der Waals surface area (Å²) < 4.78 is 5.70. The Balaban J connectivity index is 1.31. The normalized spacial score (nSPS) is 14.5. The summed E-state index contributed by atoms with van der Waals surface area (Å²) in [6.45, 7) is 0. The Morgan fingerprint density at radius 2 is 1.29 bits per heavy atom. The van der Waals surface area contributed by atoms with Gasteiger partial charge in [-0.3, -0.25) is 4.79 Å². The SMILES string of the molecule is O=C(Nc1ccccc1)Nc1ccc(NC(=O)C2Cc3ccccc3O2)cc1. The van der Waals surface area contributed by atoms with Gasteiger partial charge in [0.2, 0.25) is 0 Å². The minimum atomic E-state index is -0.535. The van der Waals surface area contributed by atoms with Crippen LogP contribution in [0.3, 0.4) is 0 Å². The van der Waals surface area contributed by atoms with Crippen molar-refractivity contribution in [3.8, 4) is 5.75 Å². The predicted octanol–water partition coefficient (Wildman–Crippen LogP) is 4.27. The van der Waals surface area contributed by atoms with Crippen LogP contribution in [-0.4, -0.2) is 18.0 Å². The summed E-state index contributed by atoms with van der Waals surface area (Å²) in [7, 11) is 0. The van der Waals surface area contributed by atoms with Crippen molar-refractivity contribution in [2.75, 3.05) is 16.0 Å². The molecule has 140 valence electrons. The fourth-order valence-electron chi connectivity index (χ4n) is 3.00. The molecule has 0 fully saturated rings. The van der Waals surface area contributed by atoms with E-state index in [1.807, 2.05) is 54.6 Å². The molecule has 0 spiro atoms. The van der Waals surface area contributed by atoms with Crippen molar-refractivity contribution in [2.24, 2.45) is 0 Å². The molecule has 0 aromatic heterocycles. The zero-order valence-electron chi connectivity index (χ0n) is 15.0. The number of hydrogen-bond acceptors (Lipinski definition) is 3. The summed E-state index contributed by atoms with van der Waals surface area (Å²) >= 11 is 0. The van der Waals surface area contributed by atoms with Crippen molar-refractivity contribution in [1.29, 1.82) is 0 Å². The first-order valence-electron chi connectivity index (χ1n) is 8.96. The third-order valence-electron chi connectivity index (χ3n) is 4.38. The average Bonchev–Trinajstić information content (AvgIpc) is 3.15. The molecule has 6 nitrogen and oxygen atoms in total. The minimum Gasteiger partial charge on any atom is -0.480 e. The molecule has 4 rings (SSSR count). The van der Waals surface area contributed by atoms with E-state index in [9.17, 15) is 9.59 Å². The number of urea groups is 1. The number of amides is 3. The average molecular weight is 373 g/mol. The summed E-state index contributed by atoms with van der Waals surface area (Å²) in [4.78, 5) is 24.5. The Bertz CT molecular complexity index is 962. The smallest absolute Gasteiger partial charge is 0.323 e. The van der Waals surface area contributed by atoms with Gasteiger partial charge in [-0.25, -0.2) is 4.79 Å². The Kier molecular flexibility index (Phi) is 4.93. The number of rotatable bonds is 4. The number of ether oxygens (including phenoxy) is 1.